The van der Waals surface area contributed by atoms with Gasteiger partial charge >= 0.3 is 6.61 Å². The Morgan fingerprint density at radius 2 is 2.00 bits per heavy atom. The van der Waals surface area contributed by atoms with Crippen molar-refractivity contribution in [2.24, 2.45) is 0 Å². The van der Waals surface area contributed by atoms with Gasteiger partial charge in [0.05, 0.1) is 17.5 Å². The van der Waals surface area contributed by atoms with E-state index in [4.69, 9.17) is 10.00 Å². The van der Waals surface area contributed by atoms with Gasteiger partial charge in [0.15, 0.2) is 0 Å². The van der Waals surface area contributed by atoms with E-state index >= 15 is 0 Å². The first kappa shape index (κ1) is 25.1. The van der Waals surface area contributed by atoms with Crippen LogP contribution in [-0.4, -0.2) is 55.1 Å². The Morgan fingerprint density at radius 1 is 1.25 bits per heavy atom. The van der Waals surface area contributed by atoms with E-state index in [1.54, 1.807) is 30.3 Å². The number of carbonyl (C=O) groups excluding carboxylic acids is 1. The molecule has 36 heavy (non-hydrogen) atoms. The van der Waals surface area contributed by atoms with E-state index in [1.807, 2.05) is 18.2 Å². The number of nitrogens with one attached hydrogen (secondary N) is 2. The molecule has 0 atom stereocenters. The Balaban J connectivity index is 1.65. The number of pyridine rings is 1. The molecular weight excluding hydrogens is 464 g/mol. The maximum atomic E-state index is 13.0. The number of aromatic nitrogens is 1. The standard InChI is InChI=1S/C27H27F2N5O2/c1-17(15-30)16-31-25-21-14-19(7-6-18(21)8-9-24(25)36-27(28)29)22-4-3-5-23(33-22)26(35)32-20-10-12-34(2)13-11-20/h3-9,14,20,27,31H,1,10-13,16H2,2H3,(H,32,35). The Morgan fingerprint density at radius 3 is 2.72 bits per heavy atom. The number of anilines is 1. The Hall–Kier alpha value is -4.03. The third-order valence-corrected chi connectivity index (χ3v) is 6.17. The number of alkyl halides is 2. The third kappa shape index (κ3) is 5.96. The zero-order valence-corrected chi connectivity index (χ0v) is 19.9. The third-order valence-electron chi connectivity index (χ3n) is 6.17. The van der Waals surface area contributed by atoms with Crippen molar-refractivity contribution in [2.75, 3.05) is 32.0 Å². The Kier molecular flexibility index (Phi) is 7.76. The molecule has 186 valence electrons. The summed E-state index contributed by atoms with van der Waals surface area (Å²) in [6.45, 7) is 2.57. The largest absolute Gasteiger partial charge is 0.433 e. The first-order valence-electron chi connectivity index (χ1n) is 11.6. The highest BCUT2D eigenvalue weighted by Gasteiger charge is 2.20. The zero-order chi connectivity index (χ0) is 25.7. The van der Waals surface area contributed by atoms with Crippen LogP contribution in [0, 0.1) is 11.3 Å². The van der Waals surface area contributed by atoms with Gasteiger partial charge in [0.1, 0.15) is 11.4 Å². The van der Waals surface area contributed by atoms with Crippen LogP contribution in [-0.2, 0) is 0 Å². The van der Waals surface area contributed by atoms with Gasteiger partial charge in [-0.3, -0.25) is 4.79 Å². The second kappa shape index (κ2) is 11.1. The molecule has 0 radical (unpaired) electrons. The Labute approximate surface area is 208 Å². The molecule has 1 fully saturated rings. The van der Waals surface area contributed by atoms with Crippen LogP contribution in [0.3, 0.4) is 0 Å². The summed E-state index contributed by atoms with van der Waals surface area (Å²) >= 11 is 0. The molecule has 1 aromatic heterocycles. The number of halogens is 2. The summed E-state index contributed by atoms with van der Waals surface area (Å²) in [7, 11) is 2.07. The summed E-state index contributed by atoms with van der Waals surface area (Å²) in [5.74, 6) is -0.267. The summed E-state index contributed by atoms with van der Waals surface area (Å²) in [5, 5.41) is 16.5. The lowest BCUT2D eigenvalue weighted by Crippen LogP contribution is -2.43. The first-order chi connectivity index (χ1) is 17.3. The summed E-state index contributed by atoms with van der Waals surface area (Å²) in [4.78, 5) is 19.7. The number of rotatable bonds is 8. The van der Waals surface area contributed by atoms with Crippen LogP contribution in [0.2, 0.25) is 0 Å². The lowest BCUT2D eigenvalue weighted by atomic mass is 10.0. The molecule has 0 unspecified atom stereocenters. The normalized spacial score (nSPS) is 14.4. The fourth-order valence-corrected chi connectivity index (χ4v) is 4.20. The van der Waals surface area contributed by atoms with Crippen molar-refractivity contribution >= 4 is 22.4 Å². The van der Waals surface area contributed by atoms with Crippen LogP contribution in [0.25, 0.3) is 22.0 Å². The van der Waals surface area contributed by atoms with E-state index < -0.39 is 6.61 Å². The number of ether oxygens (including phenoxy) is 1. The number of likely N-dealkylation sites (tertiary alicyclic amines) is 1. The maximum absolute atomic E-state index is 13.0. The SMILES string of the molecule is C=C(C#N)CNc1c(OC(F)F)ccc2ccc(-c3cccc(C(=O)NC4CCN(C)CC4)n3)cc12. The molecule has 7 nitrogen and oxygen atoms in total. The molecule has 3 aromatic rings. The van der Waals surface area contributed by atoms with Crippen LogP contribution >= 0.6 is 0 Å². The molecule has 2 heterocycles. The van der Waals surface area contributed by atoms with Crippen molar-refractivity contribution in [2.45, 2.75) is 25.5 Å². The predicted octanol–water partition coefficient (Wildman–Crippen LogP) is 4.82. The van der Waals surface area contributed by atoms with Crippen LogP contribution in [0.15, 0.2) is 60.7 Å². The summed E-state index contributed by atoms with van der Waals surface area (Å²) in [5.41, 5.74) is 2.15. The number of amides is 1. The van der Waals surface area contributed by atoms with Gasteiger partial charge in [-0.2, -0.15) is 14.0 Å². The number of carbonyl (C=O) groups is 1. The number of fused-ring (bicyclic) bond motifs is 1. The highest BCUT2D eigenvalue weighted by molar-refractivity contribution is 5.99. The Bertz CT molecular complexity index is 1310. The van der Waals surface area contributed by atoms with Crippen molar-refractivity contribution in [3.05, 3.63) is 66.4 Å². The van der Waals surface area contributed by atoms with Gasteiger partial charge in [-0.05, 0) is 62.6 Å². The molecule has 2 aromatic carbocycles. The second-order valence-corrected chi connectivity index (χ2v) is 8.78. The molecule has 2 N–H and O–H groups in total. The van der Waals surface area contributed by atoms with Crippen LogP contribution in [0.5, 0.6) is 5.75 Å². The molecule has 0 saturated carbocycles. The smallest absolute Gasteiger partial charge is 0.387 e. The second-order valence-electron chi connectivity index (χ2n) is 8.78. The van der Waals surface area contributed by atoms with Gasteiger partial charge in [-0.15, -0.1) is 0 Å². The van der Waals surface area contributed by atoms with Gasteiger partial charge < -0.3 is 20.3 Å². The van der Waals surface area contributed by atoms with Crippen LogP contribution < -0.4 is 15.4 Å². The molecule has 1 saturated heterocycles. The van der Waals surface area contributed by atoms with Crippen molar-refractivity contribution in [3.63, 3.8) is 0 Å². The lowest BCUT2D eigenvalue weighted by Gasteiger charge is -2.29. The van der Waals surface area contributed by atoms with Gasteiger partial charge in [-0.1, -0.05) is 30.8 Å². The molecule has 9 heteroatoms. The summed E-state index contributed by atoms with van der Waals surface area (Å²) in [6.07, 6.45) is 1.78. The quantitative estimate of drug-likeness (QED) is 0.439. The average Bonchev–Trinajstić information content (AvgIpc) is 2.88. The zero-order valence-electron chi connectivity index (χ0n) is 19.9. The van der Waals surface area contributed by atoms with Crippen LogP contribution in [0.1, 0.15) is 23.3 Å². The van der Waals surface area contributed by atoms with E-state index in [2.05, 4.69) is 34.1 Å². The van der Waals surface area contributed by atoms with E-state index in [-0.39, 0.29) is 29.8 Å². The number of hydrogen-bond acceptors (Lipinski definition) is 6. The monoisotopic (exact) mass is 491 g/mol. The molecule has 0 aliphatic carbocycles. The van der Waals surface area contributed by atoms with Gasteiger partial charge in [0.25, 0.3) is 5.91 Å². The highest BCUT2D eigenvalue weighted by atomic mass is 19.3. The molecular formula is C27H27F2N5O2. The first-order valence-corrected chi connectivity index (χ1v) is 11.6. The predicted molar refractivity (Wildman–Crippen MR) is 135 cm³/mol. The average molecular weight is 492 g/mol. The van der Waals surface area contributed by atoms with E-state index in [1.165, 1.54) is 6.07 Å². The molecule has 0 spiro atoms. The van der Waals surface area contributed by atoms with E-state index in [0.29, 0.717) is 28.0 Å². The molecule has 1 aliphatic rings. The highest BCUT2D eigenvalue weighted by Crippen LogP contribution is 2.36. The number of nitrogens with zero attached hydrogens (tertiary/aromatic N) is 3. The molecule has 1 aliphatic heterocycles. The maximum Gasteiger partial charge on any atom is 0.387 e. The number of benzene rings is 2. The van der Waals surface area contributed by atoms with Crippen molar-refractivity contribution < 1.29 is 18.3 Å². The fourth-order valence-electron chi connectivity index (χ4n) is 4.20. The van der Waals surface area contributed by atoms with Crippen molar-refractivity contribution in [1.82, 2.24) is 15.2 Å². The number of nitriles is 1. The summed E-state index contributed by atoms with van der Waals surface area (Å²) < 4.78 is 30.8. The number of piperidine rings is 1. The number of hydrogen-bond donors (Lipinski definition) is 2. The van der Waals surface area contributed by atoms with E-state index in [0.717, 1.165) is 31.3 Å². The summed E-state index contributed by atoms with van der Waals surface area (Å²) in [6, 6.07) is 15.9. The minimum atomic E-state index is -3.01. The van der Waals surface area contributed by atoms with Crippen molar-refractivity contribution in [3.8, 4) is 23.1 Å². The van der Waals surface area contributed by atoms with Crippen molar-refractivity contribution in [1.29, 1.82) is 5.26 Å². The van der Waals surface area contributed by atoms with Crippen LogP contribution in [0.4, 0.5) is 14.5 Å². The van der Waals surface area contributed by atoms with Gasteiger partial charge in [0.2, 0.25) is 0 Å². The molecule has 4 rings (SSSR count). The topological polar surface area (TPSA) is 90.3 Å². The molecule has 1 amide bonds. The van der Waals surface area contributed by atoms with Gasteiger partial charge in [-0.25, -0.2) is 4.98 Å². The fraction of sp³-hybridized carbons (Fsp3) is 0.296. The minimum absolute atomic E-state index is 0.0420. The van der Waals surface area contributed by atoms with E-state index in [9.17, 15) is 13.6 Å². The molecule has 0 bridgehead atoms. The lowest BCUT2D eigenvalue weighted by molar-refractivity contribution is -0.0492. The minimum Gasteiger partial charge on any atom is -0.433 e. The van der Waals surface area contributed by atoms with Gasteiger partial charge in [0, 0.05) is 29.1 Å².